The molecule has 24 heavy (non-hydrogen) atoms. The van der Waals surface area contributed by atoms with Crippen LogP contribution in [0.25, 0.3) is 0 Å². The maximum Gasteiger partial charge on any atom is 0.290 e. The maximum atomic E-state index is 11.2. The van der Waals surface area contributed by atoms with E-state index in [1.165, 1.54) is 12.1 Å². The van der Waals surface area contributed by atoms with Crippen molar-refractivity contribution in [2.24, 2.45) is 0 Å². The number of nitrogens with zero attached hydrogens (tertiary/aromatic N) is 5. The van der Waals surface area contributed by atoms with Crippen LogP contribution in [0.2, 0.25) is 0 Å². The van der Waals surface area contributed by atoms with Gasteiger partial charge in [-0.3, -0.25) is 20.2 Å². The standard InChI is InChI=1S/C14H13N5O4S/c1-2-7-17-13(9-3-4-9)15-16-14(17)24-12-6-5-10(18(20)21)8-11(12)19(22)23/h2,5-6,8-9H,1,3-4,7H2. The van der Waals surface area contributed by atoms with Crippen molar-refractivity contribution >= 4 is 23.1 Å². The highest BCUT2D eigenvalue weighted by molar-refractivity contribution is 7.99. The fraction of sp³-hybridized carbons (Fsp3) is 0.286. The average molecular weight is 347 g/mol. The van der Waals surface area contributed by atoms with Crippen LogP contribution in [0.1, 0.15) is 24.6 Å². The summed E-state index contributed by atoms with van der Waals surface area (Å²) in [6.45, 7) is 4.21. The average Bonchev–Trinajstić information content (AvgIpc) is 3.31. The second kappa shape index (κ2) is 6.40. The summed E-state index contributed by atoms with van der Waals surface area (Å²) in [5.41, 5.74) is -0.646. The molecular weight excluding hydrogens is 334 g/mol. The van der Waals surface area contributed by atoms with Crippen molar-refractivity contribution < 1.29 is 9.85 Å². The van der Waals surface area contributed by atoms with E-state index in [4.69, 9.17) is 0 Å². The number of nitro groups is 2. The predicted octanol–water partition coefficient (Wildman–Crippen LogP) is 3.31. The van der Waals surface area contributed by atoms with Crippen LogP contribution in [0, 0.1) is 20.2 Å². The van der Waals surface area contributed by atoms with Crippen molar-refractivity contribution in [3.8, 4) is 0 Å². The Bertz CT molecular complexity index is 831. The molecule has 1 saturated carbocycles. The number of hydrogen-bond donors (Lipinski definition) is 0. The molecule has 0 amide bonds. The van der Waals surface area contributed by atoms with Crippen LogP contribution in [0.3, 0.4) is 0 Å². The summed E-state index contributed by atoms with van der Waals surface area (Å²) < 4.78 is 1.88. The van der Waals surface area contributed by atoms with Gasteiger partial charge in [0.2, 0.25) is 0 Å². The van der Waals surface area contributed by atoms with Gasteiger partial charge in [-0.15, -0.1) is 16.8 Å². The van der Waals surface area contributed by atoms with Gasteiger partial charge in [-0.05, 0) is 30.7 Å². The molecule has 9 nitrogen and oxygen atoms in total. The second-order valence-corrected chi connectivity index (χ2v) is 6.29. The Hall–Kier alpha value is -2.75. The molecule has 1 aromatic carbocycles. The molecule has 0 atom stereocenters. The van der Waals surface area contributed by atoms with Gasteiger partial charge in [-0.1, -0.05) is 6.08 Å². The molecule has 10 heteroatoms. The Balaban J connectivity index is 1.97. The topological polar surface area (TPSA) is 117 Å². The third-order valence-corrected chi connectivity index (χ3v) is 4.60. The Morgan fingerprint density at radius 1 is 1.29 bits per heavy atom. The van der Waals surface area contributed by atoms with Crippen LogP contribution in [-0.4, -0.2) is 24.6 Å². The van der Waals surface area contributed by atoms with E-state index >= 15 is 0 Å². The number of aromatic nitrogens is 3. The van der Waals surface area contributed by atoms with Crippen molar-refractivity contribution in [3.05, 3.63) is 56.9 Å². The zero-order valence-corrected chi connectivity index (χ0v) is 13.3. The van der Waals surface area contributed by atoms with E-state index in [0.717, 1.165) is 36.5 Å². The molecule has 2 aromatic rings. The lowest BCUT2D eigenvalue weighted by Gasteiger charge is -2.07. The highest BCUT2D eigenvalue weighted by Crippen LogP contribution is 2.42. The van der Waals surface area contributed by atoms with Crippen molar-refractivity contribution in [2.75, 3.05) is 0 Å². The van der Waals surface area contributed by atoms with E-state index in [1.807, 2.05) is 4.57 Å². The lowest BCUT2D eigenvalue weighted by molar-refractivity contribution is -0.396. The lowest BCUT2D eigenvalue weighted by Crippen LogP contribution is -2.03. The van der Waals surface area contributed by atoms with Crippen LogP contribution in [0.15, 0.2) is 40.9 Å². The van der Waals surface area contributed by atoms with Gasteiger partial charge in [0.05, 0.1) is 20.8 Å². The van der Waals surface area contributed by atoms with Crippen molar-refractivity contribution in [1.82, 2.24) is 14.8 Å². The number of hydrogen-bond acceptors (Lipinski definition) is 7. The van der Waals surface area contributed by atoms with E-state index in [1.54, 1.807) is 6.08 Å². The Labute approximate surface area is 140 Å². The first kappa shape index (κ1) is 16.1. The molecule has 0 N–H and O–H groups in total. The first-order valence-electron chi connectivity index (χ1n) is 7.16. The van der Waals surface area contributed by atoms with Crippen molar-refractivity contribution in [2.45, 2.75) is 35.4 Å². The summed E-state index contributed by atoms with van der Waals surface area (Å²) in [6.07, 6.45) is 3.82. The molecule has 0 unspecified atom stereocenters. The number of rotatable bonds is 7. The molecule has 0 spiro atoms. The monoisotopic (exact) mass is 347 g/mol. The highest BCUT2D eigenvalue weighted by atomic mass is 32.2. The molecule has 124 valence electrons. The fourth-order valence-corrected chi connectivity index (χ4v) is 3.20. The molecule has 1 aromatic heterocycles. The SMILES string of the molecule is C=CCn1c(Sc2ccc([N+](=O)[O-])cc2[N+](=O)[O-])nnc1C1CC1. The largest absolute Gasteiger partial charge is 0.302 e. The molecule has 3 rings (SSSR count). The first-order chi connectivity index (χ1) is 11.5. The number of benzene rings is 1. The van der Waals surface area contributed by atoms with E-state index in [9.17, 15) is 20.2 Å². The molecular formula is C14H13N5O4S. The van der Waals surface area contributed by atoms with Crippen LogP contribution >= 0.6 is 11.8 Å². The minimum absolute atomic E-state index is 0.283. The van der Waals surface area contributed by atoms with Crippen LogP contribution < -0.4 is 0 Å². The van der Waals surface area contributed by atoms with Crippen LogP contribution in [0.5, 0.6) is 0 Å². The molecule has 0 bridgehead atoms. The van der Waals surface area contributed by atoms with Gasteiger partial charge < -0.3 is 4.57 Å². The highest BCUT2D eigenvalue weighted by Gasteiger charge is 2.31. The summed E-state index contributed by atoms with van der Waals surface area (Å²) in [4.78, 5) is 21.0. The Morgan fingerprint density at radius 2 is 2.04 bits per heavy atom. The first-order valence-corrected chi connectivity index (χ1v) is 7.97. The Kier molecular flexibility index (Phi) is 4.30. The van der Waals surface area contributed by atoms with Gasteiger partial charge >= 0.3 is 0 Å². The van der Waals surface area contributed by atoms with Gasteiger partial charge in [0.25, 0.3) is 11.4 Å². The third kappa shape index (κ3) is 3.13. The summed E-state index contributed by atoms with van der Waals surface area (Å²) in [5, 5.41) is 30.8. The molecule has 0 aliphatic heterocycles. The van der Waals surface area contributed by atoms with Gasteiger partial charge in [0.15, 0.2) is 5.16 Å². The lowest BCUT2D eigenvalue weighted by atomic mass is 10.3. The van der Waals surface area contributed by atoms with Gasteiger partial charge in [-0.25, -0.2) is 0 Å². The predicted molar refractivity (Wildman–Crippen MR) is 86.1 cm³/mol. The molecule has 1 heterocycles. The van der Waals surface area contributed by atoms with E-state index in [-0.39, 0.29) is 16.3 Å². The number of nitro benzene ring substituents is 2. The zero-order valence-electron chi connectivity index (χ0n) is 12.5. The van der Waals surface area contributed by atoms with Crippen LogP contribution in [0.4, 0.5) is 11.4 Å². The quantitative estimate of drug-likeness (QED) is 0.428. The van der Waals surface area contributed by atoms with Crippen molar-refractivity contribution in [1.29, 1.82) is 0 Å². The van der Waals surface area contributed by atoms with Crippen molar-refractivity contribution in [3.63, 3.8) is 0 Å². The normalized spacial score (nSPS) is 13.7. The molecule has 0 saturated heterocycles. The number of allylic oxidation sites excluding steroid dienone is 1. The third-order valence-electron chi connectivity index (χ3n) is 3.55. The number of non-ortho nitro benzene ring substituents is 1. The van der Waals surface area contributed by atoms with E-state index in [2.05, 4.69) is 16.8 Å². The summed E-state index contributed by atoms with van der Waals surface area (Å²) in [6, 6.07) is 3.56. The fourth-order valence-electron chi connectivity index (χ4n) is 2.27. The summed E-state index contributed by atoms with van der Waals surface area (Å²) >= 11 is 1.07. The smallest absolute Gasteiger partial charge is 0.290 e. The summed E-state index contributed by atoms with van der Waals surface area (Å²) in [5.74, 6) is 1.22. The maximum absolute atomic E-state index is 11.2. The Morgan fingerprint density at radius 3 is 2.62 bits per heavy atom. The zero-order chi connectivity index (χ0) is 17.3. The van der Waals surface area contributed by atoms with Gasteiger partial charge in [-0.2, -0.15) is 0 Å². The van der Waals surface area contributed by atoms with Gasteiger partial charge in [0, 0.05) is 18.5 Å². The molecule has 1 aliphatic carbocycles. The van der Waals surface area contributed by atoms with E-state index < -0.39 is 9.85 Å². The second-order valence-electron chi connectivity index (χ2n) is 5.28. The van der Waals surface area contributed by atoms with Crippen LogP contribution in [-0.2, 0) is 6.54 Å². The van der Waals surface area contributed by atoms with Gasteiger partial charge in [0.1, 0.15) is 5.82 Å². The molecule has 1 fully saturated rings. The molecule has 1 aliphatic rings. The minimum Gasteiger partial charge on any atom is -0.302 e. The summed E-state index contributed by atoms with van der Waals surface area (Å²) in [7, 11) is 0. The van der Waals surface area contributed by atoms with E-state index in [0.29, 0.717) is 17.6 Å². The minimum atomic E-state index is -0.660. The molecule has 0 radical (unpaired) electrons.